The molecular weight excluding hydrogens is 184 g/mol. The van der Waals surface area contributed by atoms with Crippen LogP contribution in [-0.2, 0) is 5.60 Å². The van der Waals surface area contributed by atoms with Crippen molar-refractivity contribution in [1.82, 2.24) is 0 Å². The molecular formula is C14H16O. The van der Waals surface area contributed by atoms with Gasteiger partial charge in [0.05, 0.1) is 5.60 Å². The average Bonchev–Trinajstić information content (AvgIpc) is 2.76. The molecule has 3 rings (SSSR count). The summed E-state index contributed by atoms with van der Waals surface area (Å²) in [7, 11) is 0. The van der Waals surface area contributed by atoms with Gasteiger partial charge in [-0.15, -0.1) is 0 Å². The van der Waals surface area contributed by atoms with Crippen molar-refractivity contribution in [3.63, 3.8) is 0 Å². The van der Waals surface area contributed by atoms with Crippen LogP contribution in [0.1, 0.15) is 48.8 Å². The Morgan fingerprint density at radius 3 is 2.47 bits per heavy atom. The van der Waals surface area contributed by atoms with Crippen molar-refractivity contribution in [3.8, 4) is 0 Å². The summed E-state index contributed by atoms with van der Waals surface area (Å²) in [4.78, 5) is 0. The zero-order valence-electron chi connectivity index (χ0n) is 9.20. The maximum atomic E-state index is 9.97. The lowest BCUT2D eigenvalue weighted by atomic mass is 9.90. The van der Waals surface area contributed by atoms with Crippen molar-refractivity contribution in [2.24, 2.45) is 0 Å². The summed E-state index contributed by atoms with van der Waals surface area (Å²) in [6.07, 6.45) is 5.86. The fourth-order valence-corrected chi connectivity index (χ4v) is 2.77. The number of aliphatic hydroxyl groups is 1. The van der Waals surface area contributed by atoms with E-state index in [0.29, 0.717) is 11.8 Å². The van der Waals surface area contributed by atoms with Gasteiger partial charge < -0.3 is 5.11 Å². The minimum atomic E-state index is -0.722. The highest BCUT2D eigenvalue weighted by Gasteiger charge is 2.33. The van der Waals surface area contributed by atoms with Crippen molar-refractivity contribution in [3.05, 3.63) is 47.0 Å². The Morgan fingerprint density at radius 1 is 1.13 bits per heavy atom. The zero-order chi connectivity index (χ0) is 10.6. The highest BCUT2D eigenvalue weighted by molar-refractivity contribution is 5.49. The van der Waals surface area contributed by atoms with Crippen LogP contribution >= 0.6 is 0 Å². The second-order valence-corrected chi connectivity index (χ2v) is 5.24. The Labute approximate surface area is 90.4 Å². The van der Waals surface area contributed by atoms with Crippen LogP contribution in [0.5, 0.6) is 0 Å². The first kappa shape index (κ1) is 9.17. The highest BCUT2D eigenvalue weighted by Crippen LogP contribution is 2.48. The Bertz CT molecular complexity index is 437. The van der Waals surface area contributed by atoms with Gasteiger partial charge in [0.1, 0.15) is 0 Å². The summed E-state index contributed by atoms with van der Waals surface area (Å²) in [5, 5.41) is 9.97. The van der Waals surface area contributed by atoms with Gasteiger partial charge in [-0.2, -0.15) is 0 Å². The van der Waals surface area contributed by atoms with Crippen LogP contribution in [0.25, 0.3) is 0 Å². The molecule has 1 N–H and O–H groups in total. The molecule has 2 atom stereocenters. The molecule has 0 heterocycles. The standard InChI is InChI=1S/C14H16O/c1-14(2,15)11-5-6-12-9-3-4-10(7-9)13(12)8-11/h3-6,8-10,15H,7H2,1-2H3/t9-,10+/m1/s1. The SMILES string of the molecule is CC(C)(O)c1ccc2c(c1)[C@H]1C=C[C@@H]2C1. The van der Waals surface area contributed by atoms with Gasteiger partial charge in [-0.1, -0.05) is 30.4 Å². The molecule has 0 radical (unpaired) electrons. The van der Waals surface area contributed by atoms with Crippen molar-refractivity contribution >= 4 is 0 Å². The van der Waals surface area contributed by atoms with Crippen LogP contribution < -0.4 is 0 Å². The van der Waals surface area contributed by atoms with Crippen LogP contribution in [0.4, 0.5) is 0 Å². The smallest absolute Gasteiger partial charge is 0.0840 e. The second kappa shape index (κ2) is 2.73. The molecule has 78 valence electrons. The molecule has 0 aliphatic heterocycles. The molecule has 0 fully saturated rings. The van der Waals surface area contributed by atoms with E-state index in [1.807, 2.05) is 13.8 Å². The van der Waals surface area contributed by atoms with Crippen LogP contribution in [0, 0.1) is 0 Å². The van der Waals surface area contributed by atoms with Crippen molar-refractivity contribution in [2.45, 2.75) is 37.7 Å². The summed E-state index contributed by atoms with van der Waals surface area (Å²) >= 11 is 0. The third-order valence-electron chi connectivity index (χ3n) is 3.68. The van der Waals surface area contributed by atoms with E-state index in [9.17, 15) is 5.11 Å². The van der Waals surface area contributed by atoms with E-state index >= 15 is 0 Å². The predicted octanol–water partition coefficient (Wildman–Crippen LogP) is 3.05. The second-order valence-electron chi connectivity index (χ2n) is 5.24. The van der Waals surface area contributed by atoms with Crippen LogP contribution in [0.2, 0.25) is 0 Å². The zero-order valence-corrected chi connectivity index (χ0v) is 9.20. The molecule has 0 aromatic heterocycles. The fourth-order valence-electron chi connectivity index (χ4n) is 2.77. The van der Waals surface area contributed by atoms with Gasteiger partial charge in [-0.05, 0) is 37.0 Å². The van der Waals surface area contributed by atoms with Gasteiger partial charge in [0.25, 0.3) is 0 Å². The van der Waals surface area contributed by atoms with E-state index < -0.39 is 5.60 Å². The largest absolute Gasteiger partial charge is 0.386 e. The first-order valence-corrected chi connectivity index (χ1v) is 5.61. The lowest BCUT2D eigenvalue weighted by Gasteiger charge is -2.20. The number of hydrogen-bond donors (Lipinski definition) is 1. The van der Waals surface area contributed by atoms with E-state index in [-0.39, 0.29) is 0 Å². The summed E-state index contributed by atoms with van der Waals surface area (Å²) in [6.45, 7) is 3.69. The Hall–Kier alpha value is -1.08. The predicted molar refractivity (Wildman–Crippen MR) is 60.9 cm³/mol. The van der Waals surface area contributed by atoms with Crippen LogP contribution in [-0.4, -0.2) is 5.11 Å². The molecule has 0 amide bonds. The Kier molecular flexibility index (Phi) is 1.67. The van der Waals surface area contributed by atoms with Crippen LogP contribution in [0.15, 0.2) is 30.4 Å². The number of hydrogen-bond acceptors (Lipinski definition) is 1. The van der Waals surface area contributed by atoms with Gasteiger partial charge in [-0.25, -0.2) is 0 Å². The molecule has 0 saturated heterocycles. The van der Waals surface area contributed by atoms with Gasteiger partial charge in [-0.3, -0.25) is 0 Å². The van der Waals surface area contributed by atoms with E-state index in [1.165, 1.54) is 17.5 Å². The van der Waals surface area contributed by atoms with Gasteiger partial charge >= 0.3 is 0 Å². The van der Waals surface area contributed by atoms with Gasteiger partial charge in [0, 0.05) is 11.8 Å². The summed E-state index contributed by atoms with van der Waals surface area (Å²) in [5.74, 6) is 1.24. The Balaban J connectivity index is 2.10. The monoisotopic (exact) mass is 200 g/mol. The van der Waals surface area contributed by atoms with E-state index in [0.717, 1.165) is 5.56 Å². The third-order valence-corrected chi connectivity index (χ3v) is 3.68. The maximum Gasteiger partial charge on any atom is 0.0840 e. The van der Waals surface area contributed by atoms with Crippen LogP contribution in [0.3, 0.4) is 0 Å². The highest BCUT2D eigenvalue weighted by atomic mass is 16.3. The average molecular weight is 200 g/mol. The molecule has 0 spiro atoms. The molecule has 2 aliphatic carbocycles. The number of rotatable bonds is 1. The summed E-state index contributed by atoms with van der Waals surface area (Å²) in [5.41, 5.74) is 3.21. The molecule has 0 saturated carbocycles. The fraction of sp³-hybridized carbons (Fsp3) is 0.429. The lowest BCUT2D eigenvalue weighted by Crippen LogP contribution is -2.16. The number of fused-ring (bicyclic) bond motifs is 5. The van der Waals surface area contributed by atoms with E-state index in [1.54, 1.807) is 0 Å². The van der Waals surface area contributed by atoms with Crippen molar-refractivity contribution in [1.29, 1.82) is 0 Å². The molecule has 2 bridgehead atoms. The van der Waals surface area contributed by atoms with Crippen molar-refractivity contribution in [2.75, 3.05) is 0 Å². The van der Waals surface area contributed by atoms with Gasteiger partial charge in [0.15, 0.2) is 0 Å². The first-order chi connectivity index (χ1) is 7.05. The topological polar surface area (TPSA) is 20.2 Å². The Morgan fingerprint density at radius 2 is 1.80 bits per heavy atom. The molecule has 15 heavy (non-hydrogen) atoms. The van der Waals surface area contributed by atoms with Gasteiger partial charge in [0.2, 0.25) is 0 Å². The van der Waals surface area contributed by atoms with E-state index in [2.05, 4.69) is 30.4 Å². The molecule has 1 nitrogen and oxygen atoms in total. The molecule has 1 aromatic rings. The molecule has 0 unspecified atom stereocenters. The summed E-state index contributed by atoms with van der Waals surface area (Å²) in [6, 6.07) is 6.44. The number of benzene rings is 1. The lowest BCUT2D eigenvalue weighted by molar-refractivity contribution is 0.0785. The molecule has 1 heteroatoms. The normalized spacial score (nSPS) is 27.1. The van der Waals surface area contributed by atoms with Crippen molar-refractivity contribution < 1.29 is 5.11 Å². The third kappa shape index (κ3) is 1.26. The maximum absolute atomic E-state index is 9.97. The first-order valence-electron chi connectivity index (χ1n) is 5.61. The number of allylic oxidation sites excluding steroid dienone is 2. The molecule has 1 aromatic carbocycles. The minimum absolute atomic E-state index is 0.604. The van der Waals surface area contributed by atoms with E-state index in [4.69, 9.17) is 0 Å². The summed E-state index contributed by atoms with van der Waals surface area (Å²) < 4.78 is 0. The minimum Gasteiger partial charge on any atom is -0.386 e. The molecule has 2 aliphatic rings. The quantitative estimate of drug-likeness (QED) is 0.691.